The van der Waals surface area contributed by atoms with Crippen molar-refractivity contribution in [2.24, 2.45) is 23.7 Å². The SMILES string of the molecule is C[C@H]1[C@@H](OCCCCN2C=CN(C)C2)O[C@@H]2OC3(C)CC[C@H]4[C@H](C)CC[C@@H]1[C@@]24OO3. The molecule has 6 aliphatic rings. The Morgan fingerprint density at radius 1 is 1.07 bits per heavy atom. The Morgan fingerprint density at radius 3 is 2.73 bits per heavy atom. The van der Waals surface area contributed by atoms with Gasteiger partial charge in [-0.2, -0.15) is 0 Å². The van der Waals surface area contributed by atoms with Crippen LogP contribution in [-0.2, 0) is 24.0 Å². The van der Waals surface area contributed by atoms with Crippen LogP contribution in [0.5, 0.6) is 0 Å². The summed E-state index contributed by atoms with van der Waals surface area (Å²) < 4.78 is 19.1. The van der Waals surface area contributed by atoms with Crippen LogP contribution in [0.3, 0.4) is 0 Å². The molecule has 7 nitrogen and oxygen atoms in total. The maximum atomic E-state index is 6.47. The van der Waals surface area contributed by atoms with Gasteiger partial charge < -0.3 is 24.0 Å². The molecule has 30 heavy (non-hydrogen) atoms. The maximum Gasteiger partial charge on any atom is 0.201 e. The van der Waals surface area contributed by atoms with Gasteiger partial charge in [0.2, 0.25) is 5.79 Å². The van der Waals surface area contributed by atoms with E-state index in [1.165, 1.54) is 6.42 Å². The first-order valence-corrected chi connectivity index (χ1v) is 11.9. The number of hydrogen-bond donors (Lipinski definition) is 0. The number of nitrogens with zero attached hydrogens (tertiary/aromatic N) is 2. The molecule has 1 aliphatic carbocycles. The summed E-state index contributed by atoms with van der Waals surface area (Å²) in [5.41, 5.74) is -0.499. The topological polar surface area (TPSA) is 52.6 Å². The molecule has 5 heterocycles. The molecular formula is C23H38N2O5. The molecule has 0 aromatic heterocycles. The minimum atomic E-state index is -0.723. The summed E-state index contributed by atoms with van der Waals surface area (Å²) in [7, 11) is 2.10. The second-order valence-corrected chi connectivity index (χ2v) is 10.4. The van der Waals surface area contributed by atoms with Crippen LogP contribution in [0.25, 0.3) is 0 Å². The standard InChI is InChI=1S/C23H38N2O5/c1-16-7-8-19-17(2)20(26-14-6-5-11-25-13-12-24(4)15-25)27-21-23(19)18(16)9-10-22(3,28-21)29-30-23/h12-13,16-21H,5-11,14-15H2,1-4H3/t16-,17-,18+,19+,20+,21-,22?,23-/m1/s1. The van der Waals surface area contributed by atoms with Gasteiger partial charge in [0, 0.05) is 50.9 Å². The van der Waals surface area contributed by atoms with Gasteiger partial charge in [-0.3, -0.25) is 0 Å². The highest BCUT2D eigenvalue weighted by Crippen LogP contribution is 2.60. The van der Waals surface area contributed by atoms with Gasteiger partial charge >= 0.3 is 0 Å². The molecule has 1 spiro atoms. The van der Waals surface area contributed by atoms with Crippen LogP contribution in [0.15, 0.2) is 12.4 Å². The Morgan fingerprint density at radius 2 is 1.93 bits per heavy atom. The Hall–Kier alpha value is -0.860. The lowest BCUT2D eigenvalue weighted by Crippen LogP contribution is -2.70. The summed E-state index contributed by atoms with van der Waals surface area (Å²) in [5, 5.41) is 0. The Bertz CT molecular complexity index is 662. The van der Waals surface area contributed by atoms with E-state index in [0.717, 1.165) is 45.3 Å². The lowest BCUT2D eigenvalue weighted by molar-refractivity contribution is -0.577. The number of hydrogen-bond acceptors (Lipinski definition) is 7. The summed E-state index contributed by atoms with van der Waals surface area (Å²) in [6, 6.07) is 0. The zero-order valence-electron chi connectivity index (χ0n) is 18.9. The van der Waals surface area contributed by atoms with Gasteiger partial charge in [0.15, 0.2) is 18.2 Å². The van der Waals surface area contributed by atoms with Crippen molar-refractivity contribution in [3.63, 3.8) is 0 Å². The van der Waals surface area contributed by atoms with Gasteiger partial charge in [0.05, 0.1) is 6.67 Å². The molecule has 6 rings (SSSR count). The van der Waals surface area contributed by atoms with E-state index in [-0.39, 0.29) is 12.2 Å². The van der Waals surface area contributed by atoms with Crippen molar-refractivity contribution in [2.75, 3.05) is 26.9 Å². The molecule has 0 N–H and O–H groups in total. The Balaban J connectivity index is 1.21. The van der Waals surface area contributed by atoms with Crippen molar-refractivity contribution in [2.45, 2.75) is 83.3 Å². The van der Waals surface area contributed by atoms with Gasteiger partial charge in [-0.15, -0.1) is 0 Å². The summed E-state index contributed by atoms with van der Waals surface area (Å²) in [6.07, 6.45) is 9.99. The summed E-state index contributed by atoms with van der Waals surface area (Å²) in [4.78, 5) is 16.6. The molecule has 5 fully saturated rings. The Labute approximate surface area is 180 Å². The van der Waals surface area contributed by atoms with Crippen molar-refractivity contribution >= 4 is 0 Å². The van der Waals surface area contributed by atoms with E-state index < -0.39 is 17.7 Å². The minimum Gasteiger partial charge on any atom is -0.362 e. The predicted octanol–water partition coefficient (Wildman–Crippen LogP) is 3.67. The number of ether oxygens (including phenoxy) is 3. The molecular weight excluding hydrogens is 384 g/mol. The predicted molar refractivity (Wildman–Crippen MR) is 110 cm³/mol. The molecule has 0 radical (unpaired) electrons. The van der Waals surface area contributed by atoms with E-state index >= 15 is 0 Å². The van der Waals surface area contributed by atoms with Crippen LogP contribution in [0.1, 0.15) is 59.3 Å². The molecule has 0 aromatic rings. The molecule has 8 atom stereocenters. The van der Waals surface area contributed by atoms with Crippen molar-refractivity contribution in [1.29, 1.82) is 0 Å². The second kappa shape index (κ2) is 7.93. The summed E-state index contributed by atoms with van der Waals surface area (Å²) in [5.74, 6) is 0.847. The normalized spacial score (nSPS) is 47.5. The maximum absolute atomic E-state index is 6.47. The lowest BCUT2D eigenvalue weighted by Gasteiger charge is -2.60. The third-order valence-corrected chi connectivity index (χ3v) is 8.16. The van der Waals surface area contributed by atoms with E-state index in [1.807, 2.05) is 6.92 Å². The highest BCUT2D eigenvalue weighted by molar-refractivity contribution is 5.09. The van der Waals surface area contributed by atoms with Crippen molar-refractivity contribution in [3.05, 3.63) is 12.4 Å². The van der Waals surface area contributed by atoms with Crippen molar-refractivity contribution < 1.29 is 24.0 Å². The van der Waals surface area contributed by atoms with E-state index in [2.05, 4.69) is 43.1 Å². The molecule has 7 heteroatoms. The van der Waals surface area contributed by atoms with E-state index in [9.17, 15) is 0 Å². The lowest BCUT2D eigenvalue weighted by atomic mass is 9.58. The number of unbranched alkanes of at least 4 members (excludes halogenated alkanes) is 1. The van der Waals surface area contributed by atoms with Crippen LogP contribution in [0.2, 0.25) is 0 Å². The highest BCUT2D eigenvalue weighted by Gasteiger charge is 2.69. The first-order chi connectivity index (χ1) is 14.4. The first kappa shape index (κ1) is 21.0. The zero-order valence-corrected chi connectivity index (χ0v) is 18.9. The zero-order chi connectivity index (χ0) is 20.9. The average molecular weight is 423 g/mol. The molecule has 5 aliphatic heterocycles. The molecule has 1 unspecified atom stereocenters. The summed E-state index contributed by atoms with van der Waals surface area (Å²) >= 11 is 0. The van der Waals surface area contributed by atoms with Crippen molar-refractivity contribution in [3.8, 4) is 0 Å². The fourth-order valence-electron chi connectivity index (χ4n) is 6.41. The minimum absolute atomic E-state index is 0.246. The molecule has 170 valence electrons. The second-order valence-electron chi connectivity index (χ2n) is 10.4. The number of rotatable bonds is 6. The molecule has 0 aromatic carbocycles. The van der Waals surface area contributed by atoms with Gasteiger partial charge in [-0.05, 0) is 50.9 Å². The van der Waals surface area contributed by atoms with Gasteiger partial charge in [-0.25, -0.2) is 9.78 Å². The molecule has 0 amide bonds. The quantitative estimate of drug-likeness (QED) is 0.478. The van der Waals surface area contributed by atoms with E-state index in [0.29, 0.717) is 24.4 Å². The monoisotopic (exact) mass is 422 g/mol. The fourth-order valence-corrected chi connectivity index (χ4v) is 6.41. The van der Waals surface area contributed by atoms with Crippen LogP contribution in [0, 0.1) is 23.7 Å². The largest absolute Gasteiger partial charge is 0.362 e. The number of fused-ring (bicyclic) bond motifs is 2. The summed E-state index contributed by atoms with van der Waals surface area (Å²) in [6.45, 7) is 9.32. The molecule has 4 saturated heterocycles. The third-order valence-electron chi connectivity index (χ3n) is 8.16. The van der Waals surface area contributed by atoms with E-state index in [4.69, 9.17) is 24.0 Å². The van der Waals surface area contributed by atoms with E-state index in [1.54, 1.807) is 0 Å². The van der Waals surface area contributed by atoms with Gasteiger partial charge in [0.1, 0.15) is 0 Å². The smallest absolute Gasteiger partial charge is 0.201 e. The van der Waals surface area contributed by atoms with Gasteiger partial charge in [-0.1, -0.05) is 13.8 Å². The van der Waals surface area contributed by atoms with Crippen LogP contribution in [-0.4, -0.2) is 60.6 Å². The highest BCUT2D eigenvalue weighted by atomic mass is 17.3. The fraction of sp³-hybridized carbons (Fsp3) is 0.913. The molecule has 1 saturated carbocycles. The average Bonchev–Trinajstić information content (AvgIpc) is 3.00. The van der Waals surface area contributed by atoms with Crippen LogP contribution < -0.4 is 0 Å². The molecule has 2 bridgehead atoms. The first-order valence-electron chi connectivity index (χ1n) is 11.9. The van der Waals surface area contributed by atoms with Crippen molar-refractivity contribution in [1.82, 2.24) is 9.80 Å². The van der Waals surface area contributed by atoms with Crippen LogP contribution in [0.4, 0.5) is 0 Å². The third kappa shape index (κ3) is 3.47. The van der Waals surface area contributed by atoms with Crippen LogP contribution >= 0.6 is 0 Å². The Kier molecular flexibility index (Phi) is 5.55. The van der Waals surface area contributed by atoms with Gasteiger partial charge in [0.25, 0.3) is 0 Å².